The summed E-state index contributed by atoms with van der Waals surface area (Å²) in [5.41, 5.74) is 3.65. The van der Waals surface area contributed by atoms with Crippen molar-refractivity contribution in [1.82, 2.24) is 4.98 Å². The Kier molecular flexibility index (Phi) is 9.50. The lowest BCUT2D eigenvalue weighted by molar-refractivity contribution is -0.140. The molecule has 1 saturated carbocycles. The molecule has 2 aromatic rings. The summed E-state index contributed by atoms with van der Waals surface area (Å²) in [5.74, 6) is 0.965. The molecule has 188 valence electrons. The average Bonchev–Trinajstić information content (AvgIpc) is 2.87. The number of benzene rings is 1. The van der Waals surface area contributed by atoms with Crippen molar-refractivity contribution in [3.63, 3.8) is 0 Å². The van der Waals surface area contributed by atoms with E-state index in [1.807, 2.05) is 13.0 Å². The number of hydrogen-bond donors (Lipinski definition) is 1. The number of ether oxygens (including phenoxy) is 2. The van der Waals surface area contributed by atoms with Crippen LogP contribution < -0.4 is 10.2 Å². The second-order valence-electron chi connectivity index (χ2n) is 9.84. The Labute approximate surface area is 209 Å². The van der Waals surface area contributed by atoms with Crippen LogP contribution in [0.15, 0.2) is 36.5 Å². The van der Waals surface area contributed by atoms with Crippen LogP contribution >= 0.6 is 0 Å². The molecule has 0 saturated heterocycles. The molecule has 1 aliphatic rings. The minimum Gasteiger partial charge on any atom is -0.469 e. The second kappa shape index (κ2) is 12.6. The molecule has 1 aliphatic carbocycles. The van der Waals surface area contributed by atoms with Crippen LogP contribution in [-0.4, -0.2) is 43.9 Å². The van der Waals surface area contributed by atoms with Crippen molar-refractivity contribution in [3.05, 3.63) is 47.7 Å². The molecule has 1 aromatic carbocycles. The number of nitrogens with one attached hydrogen (secondary N) is 1. The summed E-state index contributed by atoms with van der Waals surface area (Å²) in [5, 5.41) is 12.6. The number of pyridine rings is 1. The lowest BCUT2D eigenvalue weighted by atomic mass is 9.90. The molecule has 35 heavy (non-hydrogen) atoms. The summed E-state index contributed by atoms with van der Waals surface area (Å²) in [6.45, 7) is 7.47. The third-order valence-electron chi connectivity index (χ3n) is 6.73. The number of nitriles is 1. The fourth-order valence-electron chi connectivity index (χ4n) is 4.76. The Morgan fingerprint density at radius 3 is 2.49 bits per heavy atom. The van der Waals surface area contributed by atoms with Gasteiger partial charge in [0, 0.05) is 25.9 Å². The topological polar surface area (TPSA) is 87.5 Å². The van der Waals surface area contributed by atoms with Crippen LogP contribution in [0.5, 0.6) is 0 Å². The quantitative estimate of drug-likeness (QED) is 0.433. The Balaban J connectivity index is 1.98. The highest BCUT2D eigenvalue weighted by molar-refractivity contribution is 5.76. The van der Waals surface area contributed by atoms with Gasteiger partial charge in [-0.25, -0.2) is 4.98 Å². The van der Waals surface area contributed by atoms with Crippen LogP contribution in [-0.2, 0) is 14.3 Å². The van der Waals surface area contributed by atoms with E-state index in [0.717, 1.165) is 49.2 Å². The lowest BCUT2D eigenvalue weighted by Crippen LogP contribution is -2.41. The van der Waals surface area contributed by atoms with Gasteiger partial charge in [0.2, 0.25) is 0 Å². The van der Waals surface area contributed by atoms with E-state index in [4.69, 9.17) is 14.7 Å². The van der Waals surface area contributed by atoms with E-state index >= 15 is 0 Å². The van der Waals surface area contributed by atoms with Gasteiger partial charge in [-0.15, -0.1) is 0 Å². The lowest BCUT2D eigenvalue weighted by Gasteiger charge is -2.40. The number of nitrogens with zero attached hydrogens (tertiary/aromatic N) is 3. The first kappa shape index (κ1) is 26.5. The number of anilines is 3. The Morgan fingerprint density at radius 2 is 1.91 bits per heavy atom. The third-order valence-corrected chi connectivity index (χ3v) is 6.73. The fourth-order valence-corrected chi connectivity index (χ4v) is 4.76. The van der Waals surface area contributed by atoms with E-state index in [0.29, 0.717) is 35.9 Å². The normalized spacial score (nSPS) is 18.5. The fraction of sp³-hybridized carbons (Fsp3) is 0.536. The van der Waals surface area contributed by atoms with Crippen molar-refractivity contribution in [2.24, 2.45) is 5.92 Å². The third kappa shape index (κ3) is 7.19. The molecule has 0 amide bonds. The molecule has 0 spiro atoms. The molecule has 1 fully saturated rings. The molecular weight excluding hydrogens is 440 g/mol. The van der Waals surface area contributed by atoms with Gasteiger partial charge in [-0.3, -0.25) is 4.79 Å². The molecule has 7 nitrogen and oxygen atoms in total. The highest BCUT2D eigenvalue weighted by atomic mass is 16.5. The molecule has 3 rings (SSSR count). The highest BCUT2D eigenvalue weighted by Crippen LogP contribution is 2.37. The molecule has 1 aromatic heterocycles. The maximum absolute atomic E-state index is 11.9. The van der Waals surface area contributed by atoms with Gasteiger partial charge < -0.3 is 19.7 Å². The number of hydrogen-bond acceptors (Lipinski definition) is 7. The summed E-state index contributed by atoms with van der Waals surface area (Å²) in [7, 11) is 3.22. The summed E-state index contributed by atoms with van der Waals surface area (Å²) < 4.78 is 10.5. The van der Waals surface area contributed by atoms with Crippen molar-refractivity contribution in [2.45, 2.75) is 70.9 Å². The maximum Gasteiger partial charge on any atom is 0.306 e. The van der Waals surface area contributed by atoms with Crippen molar-refractivity contribution in [1.29, 1.82) is 5.26 Å². The van der Waals surface area contributed by atoms with E-state index < -0.39 is 0 Å². The monoisotopic (exact) mass is 478 g/mol. The average molecular weight is 479 g/mol. The van der Waals surface area contributed by atoms with Crippen LogP contribution in [0.3, 0.4) is 0 Å². The standard InChI is InChI=1S/C28H38N4O3/c1-19(2)18-32(23-8-10-24(34-4)11-9-23)26-12-7-22(20(3)14-28(33)35-5)15-25(26)31-27-13-6-21(16-29)17-30-27/h6-7,12-13,15,17,19-20,23-24H,8-11,14,18H2,1-5H3,(H,30,31). The first-order chi connectivity index (χ1) is 16.8. The van der Waals surface area contributed by atoms with Gasteiger partial charge >= 0.3 is 5.97 Å². The first-order valence-corrected chi connectivity index (χ1v) is 12.5. The second-order valence-corrected chi connectivity index (χ2v) is 9.84. The zero-order valence-corrected chi connectivity index (χ0v) is 21.6. The highest BCUT2D eigenvalue weighted by Gasteiger charge is 2.28. The van der Waals surface area contributed by atoms with Crippen molar-refractivity contribution in [3.8, 4) is 6.07 Å². The predicted octanol–water partition coefficient (Wildman–Crippen LogP) is 5.78. The van der Waals surface area contributed by atoms with E-state index in [1.54, 1.807) is 19.4 Å². The van der Waals surface area contributed by atoms with E-state index in [9.17, 15) is 4.79 Å². The smallest absolute Gasteiger partial charge is 0.306 e. The Bertz CT molecular complexity index is 1010. The van der Waals surface area contributed by atoms with Gasteiger partial charge in [0.25, 0.3) is 0 Å². The van der Waals surface area contributed by atoms with Gasteiger partial charge in [-0.1, -0.05) is 26.8 Å². The first-order valence-electron chi connectivity index (χ1n) is 12.5. The number of esters is 1. The molecule has 1 N–H and O–H groups in total. The zero-order valence-electron chi connectivity index (χ0n) is 21.6. The SMILES string of the molecule is COC(=O)CC(C)c1ccc(N(CC(C)C)C2CCC(OC)CC2)c(Nc2ccc(C#N)cn2)c1. The van der Waals surface area contributed by atoms with Crippen LogP contribution in [0.2, 0.25) is 0 Å². The van der Waals surface area contributed by atoms with Gasteiger partial charge in [-0.2, -0.15) is 5.26 Å². The van der Waals surface area contributed by atoms with Crippen molar-refractivity contribution >= 4 is 23.2 Å². The minimum absolute atomic E-state index is 0.0154. The van der Waals surface area contributed by atoms with Crippen LogP contribution in [0, 0.1) is 17.2 Å². The van der Waals surface area contributed by atoms with Gasteiger partial charge in [0.15, 0.2) is 0 Å². The molecule has 1 atom stereocenters. The van der Waals surface area contributed by atoms with Gasteiger partial charge in [-0.05, 0) is 67.3 Å². The van der Waals surface area contributed by atoms with Crippen LogP contribution in [0.4, 0.5) is 17.2 Å². The van der Waals surface area contributed by atoms with E-state index in [2.05, 4.69) is 53.3 Å². The van der Waals surface area contributed by atoms with Gasteiger partial charge in [0.1, 0.15) is 11.9 Å². The van der Waals surface area contributed by atoms with Gasteiger partial charge in [0.05, 0.1) is 36.6 Å². The summed E-state index contributed by atoms with van der Waals surface area (Å²) >= 11 is 0. The van der Waals surface area contributed by atoms with Crippen LogP contribution in [0.25, 0.3) is 0 Å². The largest absolute Gasteiger partial charge is 0.469 e. The Morgan fingerprint density at radius 1 is 1.17 bits per heavy atom. The number of aromatic nitrogens is 1. The molecule has 0 radical (unpaired) electrons. The van der Waals surface area contributed by atoms with Crippen LogP contribution in [0.1, 0.15) is 69.9 Å². The zero-order chi connectivity index (χ0) is 25.4. The number of carbonyl (C=O) groups excluding carboxylic acids is 1. The molecular formula is C28H38N4O3. The molecule has 0 aliphatic heterocycles. The molecule has 1 heterocycles. The number of rotatable bonds is 10. The minimum atomic E-state index is -0.221. The molecule has 7 heteroatoms. The van der Waals surface area contributed by atoms with E-state index in [1.165, 1.54) is 7.11 Å². The predicted molar refractivity (Wildman–Crippen MR) is 139 cm³/mol. The van der Waals surface area contributed by atoms with E-state index in [-0.39, 0.29) is 11.9 Å². The van der Waals surface area contributed by atoms with Crippen molar-refractivity contribution < 1.29 is 14.3 Å². The summed E-state index contributed by atoms with van der Waals surface area (Å²) in [6, 6.07) is 12.5. The summed E-state index contributed by atoms with van der Waals surface area (Å²) in [4.78, 5) is 18.9. The molecule has 1 unspecified atom stereocenters. The Hall–Kier alpha value is -3.11. The molecule has 0 bridgehead atoms. The van der Waals surface area contributed by atoms with Crippen molar-refractivity contribution in [2.75, 3.05) is 31.0 Å². The maximum atomic E-state index is 11.9. The summed E-state index contributed by atoms with van der Waals surface area (Å²) in [6.07, 6.45) is 6.52. The number of carbonyl (C=O) groups is 1. The number of methoxy groups -OCH3 is 2.